The number of carbonyl (C=O) groups excluding carboxylic acids is 2. The minimum Gasteiger partial charge on any atom is -0.460 e. The van der Waals surface area contributed by atoms with Crippen LogP contribution in [0.15, 0.2) is 0 Å². The number of rotatable bonds is 7. The van der Waals surface area contributed by atoms with Gasteiger partial charge in [-0.15, -0.1) is 0 Å². The zero-order valence-electron chi connectivity index (χ0n) is 14.7. The van der Waals surface area contributed by atoms with Crippen LogP contribution in [0, 0.1) is 10.8 Å². The zero-order valence-corrected chi connectivity index (χ0v) is 14.7. The third kappa shape index (κ3) is 2.35. The summed E-state index contributed by atoms with van der Waals surface area (Å²) in [5.74, 6) is -0.605. The fraction of sp³-hybridized carbons (Fsp3) is 0.889. The monoisotopic (exact) mass is 310 g/mol. The molecule has 2 bridgehead atoms. The topological polar surface area (TPSA) is 52.6 Å². The Kier molecular flexibility index (Phi) is 4.61. The van der Waals surface area contributed by atoms with Crippen LogP contribution in [-0.2, 0) is 19.1 Å². The Bertz CT molecular complexity index is 456. The molecule has 1 saturated heterocycles. The highest BCUT2D eigenvalue weighted by atomic mass is 16.6. The summed E-state index contributed by atoms with van der Waals surface area (Å²) in [6.07, 6.45) is 6.66. The second-order valence-corrected chi connectivity index (χ2v) is 7.74. The second-order valence-electron chi connectivity index (χ2n) is 7.74. The van der Waals surface area contributed by atoms with Gasteiger partial charge in [0.1, 0.15) is 0 Å². The number of hydrogen-bond donors (Lipinski definition) is 0. The summed E-state index contributed by atoms with van der Waals surface area (Å²) in [5.41, 5.74) is -2.18. The summed E-state index contributed by atoms with van der Waals surface area (Å²) in [5, 5.41) is 0. The van der Waals surface area contributed by atoms with Crippen molar-refractivity contribution < 1.29 is 19.1 Å². The van der Waals surface area contributed by atoms with Gasteiger partial charge in [0.15, 0.2) is 0 Å². The third-order valence-corrected chi connectivity index (χ3v) is 6.19. The zero-order chi connectivity index (χ0) is 16.6. The molecule has 0 radical (unpaired) electrons. The lowest BCUT2D eigenvalue weighted by Crippen LogP contribution is -2.49. The molecular formula is C18H30O4. The predicted octanol–water partition coefficient (Wildman–Crippen LogP) is 4.01. The third-order valence-electron chi connectivity index (χ3n) is 6.19. The van der Waals surface area contributed by atoms with Crippen LogP contribution >= 0.6 is 0 Å². The molecule has 22 heavy (non-hydrogen) atoms. The molecule has 3 unspecified atom stereocenters. The minimum absolute atomic E-state index is 0.124. The predicted molar refractivity (Wildman–Crippen MR) is 84.3 cm³/mol. The van der Waals surface area contributed by atoms with Crippen LogP contribution in [0.2, 0.25) is 0 Å². The van der Waals surface area contributed by atoms with Crippen LogP contribution in [0.25, 0.3) is 0 Å². The van der Waals surface area contributed by atoms with Crippen LogP contribution in [0.5, 0.6) is 0 Å². The van der Waals surface area contributed by atoms with Gasteiger partial charge in [-0.1, -0.05) is 40.0 Å². The first-order chi connectivity index (χ1) is 10.2. The molecular weight excluding hydrogens is 280 g/mol. The van der Waals surface area contributed by atoms with Gasteiger partial charge in [0.25, 0.3) is 0 Å². The van der Waals surface area contributed by atoms with Crippen molar-refractivity contribution in [1.29, 1.82) is 0 Å². The Morgan fingerprint density at radius 3 is 2.41 bits per heavy atom. The number of hydrogen-bond acceptors (Lipinski definition) is 4. The van der Waals surface area contributed by atoms with E-state index in [0.29, 0.717) is 12.8 Å². The number of esters is 2. The molecule has 1 saturated carbocycles. The molecule has 0 N–H and O–H groups in total. The first-order valence-electron chi connectivity index (χ1n) is 8.66. The van der Waals surface area contributed by atoms with Gasteiger partial charge < -0.3 is 9.47 Å². The van der Waals surface area contributed by atoms with E-state index in [0.717, 1.165) is 12.8 Å². The van der Waals surface area contributed by atoms with E-state index in [9.17, 15) is 9.59 Å². The van der Waals surface area contributed by atoms with Gasteiger partial charge in [-0.3, -0.25) is 4.79 Å². The minimum atomic E-state index is -1.09. The smallest absolute Gasteiger partial charge is 0.351 e. The van der Waals surface area contributed by atoms with E-state index in [4.69, 9.17) is 9.47 Å². The van der Waals surface area contributed by atoms with E-state index in [1.165, 1.54) is 19.3 Å². The van der Waals surface area contributed by atoms with Crippen molar-refractivity contribution in [3.8, 4) is 0 Å². The van der Waals surface area contributed by atoms with E-state index in [-0.39, 0.29) is 18.0 Å². The maximum Gasteiger partial charge on any atom is 0.351 e. The van der Waals surface area contributed by atoms with Gasteiger partial charge in [-0.2, -0.15) is 0 Å². The number of fused-ring (bicyclic) bond motifs is 2. The van der Waals surface area contributed by atoms with Crippen molar-refractivity contribution in [3.05, 3.63) is 0 Å². The van der Waals surface area contributed by atoms with Gasteiger partial charge >= 0.3 is 11.9 Å². The molecule has 2 aliphatic rings. The van der Waals surface area contributed by atoms with Crippen molar-refractivity contribution >= 4 is 11.9 Å². The highest BCUT2D eigenvalue weighted by Gasteiger charge is 2.76. The van der Waals surface area contributed by atoms with Crippen molar-refractivity contribution in [2.24, 2.45) is 10.8 Å². The average molecular weight is 310 g/mol. The van der Waals surface area contributed by atoms with E-state index < -0.39 is 16.4 Å². The maximum absolute atomic E-state index is 12.7. The summed E-state index contributed by atoms with van der Waals surface area (Å²) in [6.45, 7) is 9.93. The molecule has 0 amide bonds. The Hall–Kier alpha value is -1.06. The van der Waals surface area contributed by atoms with Crippen molar-refractivity contribution in [1.82, 2.24) is 0 Å². The summed E-state index contributed by atoms with van der Waals surface area (Å²) in [4.78, 5) is 24.9. The van der Waals surface area contributed by atoms with Gasteiger partial charge in [-0.25, -0.2) is 4.79 Å². The van der Waals surface area contributed by atoms with Crippen molar-refractivity contribution in [2.75, 3.05) is 0 Å². The number of ether oxygens (including phenoxy) is 2. The standard InChI is InChI=1S/C18H30O4/c1-6-7-8-9-10-13(2)21-15(20)18-12-11-17(5,14(19)22-18)16(18,3)4/h13H,6-12H2,1-5H3. The Balaban J connectivity index is 1.99. The number of carbonyl (C=O) groups is 2. The van der Waals surface area contributed by atoms with Gasteiger partial charge in [0.2, 0.25) is 5.60 Å². The van der Waals surface area contributed by atoms with Crippen molar-refractivity contribution in [2.45, 2.75) is 91.3 Å². The highest BCUT2D eigenvalue weighted by Crippen LogP contribution is 2.65. The summed E-state index contributed by atoms with van der Waals surface area (Å²) in [7, 11) is 0. The fourth-order valence-corrected chi connectivity index (χ4v) is 3.90. The fourth-order valence-electron chi connectivity index (χ4n) is 3.90. The van der Waals surface area contributed by atoms with Crippen molar-refractivity contribution in [3.63, 3.8) is 0 Å². The van der Waals surface area contributed by atoms with Crippen LogP contribution < -0.4 is 0 Å². The summed E-state index contributed by atoms with van der Waals surface area (Å²) < 4.78 is 11.2. The molecule has 2 fully saturated rings. The molecule has 0 spiro atoms. The number of unbranched alkanes of at least 4 members (excludes halogenated alkanes) is 3. The lowest BCUT2D eigenvalue weighted by Gasteiger charge is -2.35. The molecule has 0 aromatic rings. The molecule has 1 aliphatic heterocycles. The summed E-state index contributed by atoms with van der Waals surface area (Å²) >= 11 is 0. The molecule has 4 heteroatoms. The molecule has 2 rings (SSSR count). The van der Waals surface area contributed by atoms with Crippen LogP contribution in [0.3, 0.4) is 0 Å². The Labute approximate surface area is 133 Å². The van der Waals surface area contributed by atoms with E-state index >= 15 is 0 Å². The van der Waals surface area contributed by atoms with Gasteiger partial charge in [-0.05, 0) is 39.5 Å². The molecule has 3 atom stereocenters. The van der Waals surface area contributed by atoms with Gasteiger partial charge in [0, 0.05) is 5.41 Å². The first kappa shape index (κ1) is 17.3. The maximum atomic E-state index is 12.7. The van der Waals surface area contributed by atoms with E-state index in [1.54, 1.807) is 0 Å². The van der Waals surface area contributed by atoms with E-state index in [2.05, 4.69) is 6.92 Å². The largest absolute Gasteiger partial charge is 0.460 e. The van der Waals surface area contributed by atoms with Crippen LogP contribution in [0.1, 0.15) is 79.6 Å². The highest BCUT2D eigenvalue weighted by molar-refractivity contribution is 5.93. The Morgan fingerprint density at radius 2 is 1.91 bits per heavy atom. The summed E-state index contributed by atoms with van der Waals surface area (Å²) in [6, 6.07) is 0. The molecule has 1 heterocycles. The molecule has 0 aromatic carbocycles. The lowest BCUT2D eigenvalue weighted by atomic mass is 9.66. The quantitative estimate of drug-likeness (QED) is 0.526. The SMILES string of the molecule is CCCCCCC(C)OC(=O)C12CCC(C)(C(=O)O1)C2(C)C. The van der Waals surface area contributed by atoms with Gasteiger partial charge in [0.05, 0.1) is 11.5 Å². The van der Waals surface area contributed by atoms with Crippen LogP contribution in [-0.4, -0.2) is 23.6 Å². The lowest BCUT2D eigenvalue weighted by molar-refractivity contribution is -0.186. The molecule has 4 nitrogen and oxygen atoms in total. The molecule has 1 aliphatic carbocycles. The van der Waals surface area contributed by atoms with Crippen LogP contribution in [0.4, 0.5) is 0 Å². The first-order valence-corrected chi connectivity index (χ1v) is 8.66. The molecule has 0 aromatic heterocycles. The second kappa shape index (κ2) is 5.86. The average Bonchev–Trinajstić information content (AvgIpc) is 2.74. The normalized spacial score (nSPS) is 33.6. The van der Waals surface area contributed by atoms with E-state index in [1.807, 2.05) is 27.7 Å². The molecule has 126 valence electrons. The Morgan fingerprint density at radius 1 is 1.23 bits per heavy atom.